The Labute approximate surface area is 288 Å². The fraction of sp³-hybridized carbons (Fsp3) is 0.970. The number of carboxylic acids is 1. The number of unbranched alkanes of at least 4 members (excludes halogenated alkanes) is 4. The SMILES string of the molecule is CCCCCCCC(CC(O)CO)C(CC(O)CO)(CC(O)CO)C(CC(O)CO)(CC(O)CO)C(CC(O)CO)(CC(O)CO)C(=O)O. The van der Waals surface area contributed by atoms with E-state index in [1.54, 1.807) is 0 Å². The van der Waals surface area contributed by atoms with Crippen molar-refractivity contribution in [2.45, 2.75) is 133 Å². The first-order chi connectivity index (χ1) is 23.1. The minimum atomic E-state index is -2.64. The molecule has 16 heteroatoms. The number of aliphatic carboxylic acids is 1. The highest BCUT2D eigenvalue weighted by Crippen LogP contribution is 2.68. The van der Waals surface area contributed by atoms with Gasteiger partial charge in [0.05, 0.1) is 94.4 Å². The van der Waals surface area contributed by atoms with E-state index in [2.05, 4.69) is 0 Å². The molecule has 0 saturated heterocycles. The van der Waals surface area contributed by atoms with Gasteiger partial charge in [0.1, 0.15) is 0 Å². The van der Waals surface area contributed by atoms with Crippen molar-refractivity contribution in [3.8, 4) is 0 Å². The van der Waals surface area contributed by atoms with E-state index in [4.69, 9.17) is 0 Å². The van der Waals surface area contributed by atoms with Gasteiger partial charge < -0.3 is 76.6 Å². The Bertz CT molecular complexity index is 827. The lowest BCUT2D eigenvalue weighted by Crippen LogP contribution is -2.65. The summed E-state index contributed by atoms with van der Waals surface area (Å²) in [7, 11) is 0. The van der Waals surface area contributed by atoms with Crippen LogP contribution in [0.4, 0.5) is 0 Å². The van der Waals surface area contributed by atoms with Crippen LogP contribution in [0.2, 0.25) is 0 Å². The Morgan fingerprint density at radius 2 is 0.837 bits per heavy atom. The summed E-state index contributed by atoms with van der Waals surface area (Å²) in [5.41, 5.74) is -7.07. The van der Waals surface area contributed by atoms with Crippen LogP contribution in [0.5, 0.6) is 0 Å². The molecular weight excluding hydrogens is 652 g/mol. The first-order valence-corrected chi connectivity index (χ1v) is 17.3. The van der Waals surface area contributed by atoms with Crippen LogP contribution in [0, 0.1) is 22.2 Å². The molecule has 8 unspecified atom stereocenters. The van der Waals surface area contributed by atoms with E-state index in [0.29, 0.717) is 12.8 Å². The van der Waals surface area contributed by atoms with Gasteiger partial charge in [-0.15, -0.1) is 0 Å². The van der Waals surface area contributed by atoms with Crippen LogP contribution in [0.15, 0.2) is 0 Å². The van der Waals surface area contributed by atoms with Gasteiger partial charge >= 0.3 is 5.97 Å². The molecule has 0 radical (unpaired) electrons. The standard InChI is InChI=1S/C33H66O16/c1-2-3-4-5-6-7-22(8-23(41)15-34)31(9-24(42)16-35,10-25(43)17-36)33(13-28(46)20-39,14-29(47)21-40)32(30(48)49,11-26(44)18-37)12-27(45)19-38/h22-29,34-47H,2-21H2,1H3,(H,48,49). The van der Waals surface area contributed by atoms with Gasteiger partial charge in [0.15, 0.2) is 0 Å². The van der Waals surface area contributed by atoms with Gasteiger partial charge in [-0.05, 0) is 68.1 Å². The zero-order valence-electron chi connectivity index (χ0n) is 28.9. The fourth-order valence-corrected chi connectivity index (χ4v) is 8.26. The lowest BCUT2D eigenvalue weighted by molar-refractivity contribution is -0.229. The molecule has 0 aromatic heterocycles. The number of hydrogen-bond donors (Lipinski definition) is 15. The quantitative estimate of drug-likeness (QED) is 0.0322. The molecule has 0 aromatic rings. The van der Waals surface area contributed by atoms with Gasteiger partial charge in [0.25, 0.3) is 0 Å². The fourth-order valence-electron chi connectivity index (χ4n) is 8.26. The number of aliphatic hydroxyl groups is 14. The van der Waals surface area contributed by atoms with Crippen LogP contribution in [0.1, 0.15) is 90.4 Å². The average molecular weight is 719 g/mol. The molecule has 0 rings (SSSR count). The van der Waals surface area contributed by atoms with E-state index >= 15 is 0 Å². The van der Waals surface area contributed by atoms with Crippen molar-refractivity contribution in [2.75, 3.05) is 46.2 Å². The van der Waals surface area contributed by atoms with E-state index in [1.807, 2.05) is 6.92 Å². The molecular formula is C33H66O16. The molecule has 0 saturated carbocycles. The molecule has 0 aliphatic carbocycles. The maximum Gasteiger partial charge on any atom is 0.310 e. The number of carboxylic acid groups (broad SMARTS) is 1. The molecule has 0 spiro atoms. The molecule has 0 aromatic carbocycles. The summed E-state index contributed by atoms with van der Waals surface area (Å²) >= 11 is 0. The topological polar surface area (TPSA) is 321 Å². The molecule has 15 N–H and O–H groups in total. The summed E-state index contributed by atoms with van der Waals surface area (Å²) in [4.78, 5) is 13.9. The third kappa shape index (κ3) is 13.4. The molecule has 294 valence electrons. The van der Waals surface area contributed by atoms with Crippen LogP contribution in [0.3, 0.4) is 0 Å². The molecule has 0 fully saturated rings. The number of carbonyl (C=O) groups is 1. The second-order valence-corrected chi connectivity index (χ2v) is 13.8. The molecule has 0 aliphatic rings. The molecule has 0 heterocycles. The summed E-state index contributed by atoms with van der Waals surface area (Å²) < 4.78 is 0. The van der Waals surface area contributed by atoms with E-state index in [9.17, 15) is 81.4 Å². The first-order valence-electron chi connectivity index (χ1n) is 17.3. The predicted octanol–water partition coefficient (Wildman–Crippen LogP) is -2.79. The van der Waals surface area contributed by atoms with Crippen LogP contribution >= 0.6 is 0 Å². The molecule has 0 bridgehead atoms. The van der Waals surface area contributed by atoms with Crippen molar-refractivity contribution in [1.82, 2.24) is 0 Å². The van der Waals surface area contributed by atoms with E-state index < -0.39 is 156 Å². The van der Waals surface area contributed by atoms with E-state index in [0.717, 1.165) is 19.3 Å². The van der Waals surface area contributed by atoms with Crippen molar-refractivity contribution in [1.29, 1.82) is 0 Å². The monoisotopic (exact) mass is 718 g/mol. The second-order valence-electron chi connectivity index (χ2n) is 13.8. The van der Waals surface area contributed by atoms with Crippen LogP contribution < -0.4 is 0 Å². The molecule has 16 nitrogen and oxygen atoms in total. The Balaban J connectivity index is 8.88. The van der Waals surface area contributed by atoms with Crippen molar-refractivity contribution in [2.24, 2.45) is 22.2 Å². The highest BCUT2D eigenvalue weighted by atomic mass is 16.4. The van der Waals surface area contributed by atoms with Crippen LogP contribution in [0.25, 0.3) is 0 Å². The number of rotatable bonds is 31. The molecule has 8 atom stereocenters. The zero-order chi connectivity index (χ0) is 37.8. The Hall–Kier alpha value is -1.09. The van der Waals surface area contributed by atoms with Crippen molar-refractivity contribution < 1.29 is 81.4 Å². The van der Waals surface area contributed by atoms with Crippen molar-refractivity contribution >= 4 is 5.97 Å². The third-order valence-electron chi connectivity index (χ3n) is 10.3. The minimum Gasteiger partial charge on any atom is -0.481 e. The zero-order valence-corrected chi connectivity index (χ0v) is 28.9. The molecule has 0 aliphatic heterocycles. The normalized spacial score (nSPS) is 21.0. The highest BCUT2D eigenvalue weighted by Gasteiger charge is 2.69. The largest absolute Gasteiger partial charge is 0.481 e. The lowest BCUT2D eigenvalue weighted by atomic mass is 9.39. The maximum atomic E-state index is 13.9. The van der Waals surface area contributed by atoms with E-state index in [1.165, 1.54) is 0 Å². The maximum absolute atomic E-state index is 13.9. The summed E-state index contributed by atoms with van der Waals surface area (Å²) in [6, 6.07) is 0. The number of hydrogen-bond acceptors (Lipinski definition) is 15. The Kier molecular flexibility index (Phi) is 23.7. The summed E-state index contributed by atoms with van der Waals surface area (Å²) in [6.07, 6.45) is -13.7. The summed E-state index contributed by atoms with van der Waals surface area (Å²) in [5.74, 6) is -2.86. The van der Waals surface area contributed by atoms with E-state index in [-0.39, 0.29) is 12.8 Å². The summed E-state index contributed by atoms with van der Waals surface area (Å²) in [6.45, 7) is -4.67. The second kappa shape index (κ2) is 24.2. The van der Waals surface area contributed by atoms with Gasteiger partial charge in [-0.2, -0.15) is 0 Å². The minimum absolute atomic E-state index is 0.101. The van der Waals surface area contributed by atoms with Crippen LogP contribution in [-0.2, 0) is 4.79 Å². The summed E-state index contributed by atoms with van der Waals surface area (Å²) in [5, 5.41) is 159. The Morgan fingerprint density at radius 1 is 0.490 bits per heavy atom. The highest BCUT2D eigenvalue weighted by molar-refractivity contribution is 5.76. The molecule has 0 amide bonds. The van der Waals surface area contributed by atoms with Gasteiger partial charge in [-0.25, -0.2) is 0 Å². The smallest absolute Gasteiger partial charge is 0.310 e. The number of aliphatic hydroxyl groups excluding tert-OH is 14. The van der Waals surface area contributed by atoms with Crippen LogP contribution in [-0.4, -0.2) is 172 Å². The van der Waals surface area contributed by atoms with Gasteiger partial charge in [-0.1, -0.05) is 39.0 Å². The van der Waals surface area contributed by atoms with Crippen molar-refractivity contribution in [3.05, 3.63) is 0 Å². The van der Waals surface area contributed by atoms with Gasteiger partial charge in [-0.3, -0.25) is 4.79 Å². The van der Waals surface area contributed by atoms with Gasteiger partial charge in [0, 0.05) is 0 Å². The predicted molar refractivity (Wildman–Crippen MR) is 176 cm³/mol. The molecule has 49 heavy (non-hydrogen) atoms. The Morgan fingerprint density at radius 3 is 1.18 bits per heavy atom. The van der Waals surface area contributed by atoms with Gasteiger partial charge in [0.2, 0.25) is 0 Å². The van der Waals surface area contributed by atoms with Crippen molar-refractivity contribution in [3.63, 3.8) is 0 Å². The first kappa shape index (κ1) is 47.9. The average Bonchev–Trinajstić information content (AvgIpc) is 3.08. The lowest BCUT2D eigenvalue weighted by Gasteiger charge is -2.64. The third-order valence-corrected chi connectivity index (χ3v) is 10.3.